The Morgan fingerprint density at radius 3 is 2.39 bits per heavy atom. The molecule has 1 aromatic rings. The lowest BCUT2D eigenvalue weighted by Gasteiger charge is -2.41. The van der Waals surface area contributed by atoms with Gasteiger partial charge < -0.3 is 5.32 Å². The third-order valence-electron chi connectivity index (χ3n) is 4.92. The summed E-state index contributed by atoms with van der Waals surface area (Å²) in [5.41, 5.74) is 1.39. The maximum Gasteiger partial charge on any atom is 0.0410 e. The standard InChI is InChI=1S/C17H24BrClN2.2ClH/c18-16-7-6-14(19)12-15(16)17(13-4-2-1-3-5-13)21-10-8-20-9-11-21;;/h6-7,12-13,17,20H,1-5,8-11H2;2*1H/t17-;;/m0../s1. The van der Waals surface area contributed by atoms with Crippen LogP contribution in [0.1, 0.15) is 43.7 Å². The lowest BCUT2D eigenvalue weighted by molar-refractivity contribution is 0.103. The Hall–Kier alpha value is 0.490. The zero-order chi connectivity index (χ0) is 14.7. The van der Waals surface area contributed by atoms with E-state index >= 15 is 0 Å². The Kier molecular flexibility index (Phi) is 9.81. The van der Waals surface area contributed by atoms with Gasteiger partial charge in [0, 0.05) is 41.7 Å². The maximum absolute atomic E-state index is 6.29. The first kappa shape index (κ1) is 21.5. The van der Waals surface area contributed by atoms with Crippen LogP contribution >= 0.6 is 52.3 Å². The third kappa shape index (κ3) is 5.49. The molecule has 2 fully saturated rings. The Bertz CT molecular complexity index is 457. The zero-order valence-electron chi connectivity index (χ0n) is 13.3. The summed E-state index contributed by atoms with van der Waals surface area (Å²) in [6.07, 6.45) is 6.87. The van der Waals surface area contributed by atoms with E-state index in [1.807, 2.05) is 6.07 Å². The first-order chi connectivity index (χ1) is 10.3. The molecule has 0 bridgehead atoms. The Balaban J connectivity index is 0.00000132. The molecular weight excluding hydrogens is 418 g/mol. The summed E-state index contributed by atoms with van der Waals surface area (Å²) in [6, 6.07) is 6.77. The molecule has 0 radical (unpaired) electrons. The van der Waals surface area contributed by atoms with E-state index in [1.54, 1.807) is 0 Å². The molecular formula is C17H26BrCl3N2. The van der Waals surface area contributed by atoms with Crippen molar-refractivity contribution in [3.8, 4) is 0 Å². The average molecular weight is 445 g/mol. The predicted molar refractivity (Wildman–Crippen MR) is 107 cm³/mol. The molecule has 1 atom stereocenters. The highest BCUT2D eigenvalue weighted by atomic mass is 79.9. The molecule has 1 saturated carbocycles. The van der Waals surface area contributed by atoms with Crippen LogP contribution in [0, 0.1) is 5.92 Å². The fourth-order valence-electron chi connectivity index (χ4n) is 3.90. The minimum absolute atomic E-state index is 0. The summed E-state index contributed by atoms with van der Waals surface area (Å²) in [5, 5.41) is 4.32. The van der Waals surface area contributed by atoms with Crippen molar-refractivity contribution in [1.82, 2.24) is 10.2 Å². The normalized spacial score (nSPS) is 21.1. The molecule has 0 unspecified atom stereocenters. The molecule has 6 heteroatoms. The summed E-state index contributed by atoms with van der Waals surface area (Å²) in [6.45, 7) is 4.48. The first-order valence-electron chi connectivity index (χ1n) is 8.15. The van der Waals surface area contributed by atoms with E-state index in [-0.39, 0.29) is 24.8 Å². The number of nitrogens with one attached hydrogen (secondary N) is 1. The molecule has 2 nitrogen and oxygen atoms in total. The van der Waals surface area contributed by atoms with Crippen molar-refractivity contribution >= 4 is 52.3 Å². The molecule has 1 aromatic carbocycles. The number of nitrogens with zero attached hydrogens (tertiary/aromatic N) is 1. The molecule has 0 aromatic heterocycles. The van der Waals surface area contributed by atoms with Gasteiger partial charge in [-0.2, -0.15) is 0 Å². The molecule has 3 rings (SSSR count). The van der Waals surface area contributed by atoms with E-state index in [4.69, 9.17) is 11.6 Å². The largest absolute Gasteiger partial charge is 0.314 e. The summed E-state index contributed by atoms with van der Waals surface area (Å²) in [4.78, 5) is 2.67. The van der Waals surface area contributed by atoms with E-state index in [9.17, 15) is 0 Å². The first-order valence-corrected chi connectivity index (χ1v) is 9.32. The van der Waals surface area contributed by atoms with Gasteiger partial charge in [0.25, 0.3) is 0 Å². The van der Waals surface area contributed by atoms with Gasteiger partial charge in [0.05, 0.1) is 0 Å². The van der Waals surface area contributed by atoms with Crippen LogP contribution in [0.25, 0.3) is 0 Å². The summed E-state index contributed by atoms with van der Waals surface area (Å²) in [7, 11) is 0. The molecule has 1 heterocycles. The lowest BCUT2D eigenvalue weighted by Crippen LogP contribution is -2.47. The molecule has 23 heavy (non-hydrogen) atoms. The van der Waals surface area contributed by atoms with Crippen LogP contribution in [0.3, 0.4) is 0 Å². The maximum atomic E-state index is 6.29. The van der Waals surface area contributed by atoms with Gasteiger partial charge in [-0.3, -0.25) is 4.90 Å². The monoisotopic (exact) mass is 442 g/mol. The fraction of sp³-hybridized carbons (Fsp3) is 0.647. The zero-order valence-corrected chi connectivity index (χ0v) is 17.2. The van der Waals surface area contributed by atoms with Crippen LogP contribution in [-0.2, 0) is 0 Å². The Labute approximate surface area is 165 Å². The second-order valence-corrected chi connectivity index (χ2v) is 7.59. The molecule has 1 N–H and O–H groups in total. The molecule has 2 aliphatic rings. The molecule has 1 aliphatic carbocycles. The molecule has 1 aliphatic heterocycles. The van der Waals surface area contributed by atoms with E-state index in [1.165, 1.54) is 42.1 Å². The number of rotatable bonds is 3. The van der Waals surface area contributed by atoms with Crippen molar-refractivity contribution in [3.05, 3.63) is 33.3 Å². The molecule has 132 valence electrons. The molecule has 0 amide bonds. The van der Waals surface area contributed by atoms with Crippen LogP contribution in [-0.4, -0.2) is 31.1 Å². The van der Waals surface area contributed by atoms with Crippen LogP contribution < -0.4 is 5.32 Å². The van der Waals surface area contributed by atoms with Crippen molar-refractivity contribution in [2.24, 2.45) is 5.92 Å². The Morgan fingerprint density at radius 1 is 1.09 bits per heavy atom. The minimum Gasteiger partial charge on any atom is -0.314 e. The van der Waals surface area contributed by atoms with Gasteiger partial charge >= 0.3 is 0 Å². The van der Waals surface area contributed by atoms with E-state index in [0.717, 1.165) is 37.1 Å². The second-order valence-electron chi connectivity index (χ2n) is 6.29. The van der Waals surface area contributed by atoms with E-state index in [0.29, 0.717) is 6.04 Å². The highest BCUT2D eigenvalue weighted by Gasteiger charge is 2.32. The van der Waals surface area contributed by atoms with Crippen molar-refractivity contribution in [2.75, 3.05) is 26.2 Å². The van der Waals surface area contributed by atoms with Gasteiger partial charge in [-0.05, 0) is 42.5 Å². The van der Waals surface area contributed by atoms with Crippen LogP contribution in [0.15, 0.2) is 22.7 Å². The fourth-order valence-corrected chi connectivity index (χ4v) is 4.56. The molecule has 1 saturated heterocycles. The average Bonchev–Trinajstić information content (AvgIpc) is 2.53. The molecule has 0 spiro atoms. The Morgan fingerprint density at radius 2 is 1.74 bits per heavy atom. The lowest BCUT2D eigenvalue weighted by atomic mass is 9.80. The summed E-state index contributed by atoms with van der Waals surface area (Å²) in [5.74, 6) is 0.770. The summed E-state index contributed by atoms with van der Waals surface area (Å²) >= 11 is 10.1. The smallest absolute Gasteiger partial charge is 0.0410 e. The third-order valence-corrected chi connectivity index (χ3v) is 5.88. The van der Waals surface area contributed by atoms with Crippen LogP contribution in [0.5, 0.6) is 0 Å². The van der Waals surface area contributed by atoms with E-state index in [2.05, 4.69) is 38.3 Å². The van der Waals surface area contributed by atoms with Gasteiger partial charge in [-0.25, -0.2) is 0 Å². The minimum atomic E-state index is 0. The van der Waals surface area contributed by atoms with Gasteiger partial charge in [-0.15, -0.1) is 24.8 Å². The van der Waals surface area contributed by atoms with Crippen molar-refractivity contribution in [2.45, 2.75) is 38.1 Å². The second kappa shape index (κ2) is 10.5. The van der Waals surface area contributed by atoms with Gasteiger partial charge in [0.15, 0.2) is 0 Å². The van der Waals surface area contributed by atoms with E-state index < -0.39 is 0 Å². The topological polar surface area (TPSA) is 15.3 Å². The number of hydrogen-bond acceptors (Lipinski definition) is 2. The van der Waals surface area contributed by atoms with Gasteiger partial charge in [-0.1, -0.05) is 46.8 Å². The number of halogens is 4. The SMILES string of the molecule is Cl.Cl.Clc1ccc(Br)c([C@H](C2CCCCC2)N2CCNCC2)c1. The quantitative estimate of drug-likeness (QED) is 0.665. The predicted octanol–water partition coefficient (Wildman–Crippen LogP) is 5.47. The number of benzene rings is 1. The summed E-state index contributed by atoms with van der Waals surface area (Å²) < 4.78 is 1.21. The van der Waals surface area contributed by atoms with Gasteiger partial charge in [0.2, 0.25) is 0 Å². The van der Waals surface area contributed by atoms with Crippen molar-refractivity contribution < 1.29 is 0 Å². The van der Waals surface area contributed by atoms with Crippen LogP contribution in [0.2, 0.25) is 5.02 Å². The van der Waals surface area contributed by atoms with Crippen LogP contribution in [0.4, 0.5) is 0 Å². The number of piperazine rings is 1. The highest BCUT2D eigenvalue weighted by Crippen LogP contribution is 2.41. The van der Waals surface area contributed by atoms with Crippen molar-refractivity contribution in [1.29, 1.82) is 0 Å². The van der Waals surface area contributed by atoms with Gasteiger partial charge in [0.1, 0.15) is 0 Å². The number of hydrogen-bond donors (Lipinski definition) is 1. The van der Waals surface area contributed by atoms with Crippen molar-refractivity contribution in [3.63, 3.8) is 0 Å². The highest BCUT2D eigenvalue weighted by molar-refractivity contribution is 9.10.